The Morgan fingerprint density at radius 2 is 1.97 bits per heavy atom. The average molecular weight is 544 g/mol. The van der Waals surface area contributed by atoms with Gasteiger partial charge in [-0.2, -0.15) is 9.78 Å². The first kappa shape index (κ1) is 25.1. The zero-order chi connectivity index (χ0) is 25.5. The van der Waals surface area contributed by atoms with Gasteiger partial charge in [0.2, 0.25) is 5.16 Å². The second-order valence-electron chi connectivity index (χ2n) is 6.95. The van der Waals surface area contributed by atoms with Gasteiger partial charge in [0.1, 0.15) is 5.75 Å². The van der Waals surface area contributed by atoms with Crippen LogP contribution in [0.1, 0.15) is 5.56 Å². The number of carbonyl (C=O) groups excluding carboxylic acids is 1. The van der Waals surface area contributed by atoms with Crippen molar-refractivity contribution in [1.82, 2.24) is 25.6 Å². The molecule has 0 fully saturated rings. The number of aromatic nitrogens is 4. The standard InChI is InChI=1S/C22H15Cl2N7O4S/c23-15-7-8-19(17(24)11-15)35-13-21(32)26-25-12-14-6-9-20(18(10-14)31(33)34)36-22-27-28-29-30(22)16-4-2-1-3-5-16/h1-12H,13H2,(H,26,32)/b25-12-. The second-order valence-corrected chi connectivity index (χ2v) is 8.80. The first-order valence-corrected chi connectivity index (χ1v) is 11.7. The van der Waals surface area contributed by atoms with Crippen LogP contribution in [-0.2, 0) is 4.79 Å². The predicted molar refractivity (Wildman–Crippen MR) is 134 cm³/mol. The SMILES string of the molecule is O=C(COc1ccc(Cl)cc1Cl)N/N=C\c1ccc(Sc2nnnn2-c2ccccc2)c([N+](=O)[O-])c1. The molecule has 14 heteroatoms. The molecule has 0 atom stereocenters. The van der Waals surface area contributed by atoms with Gasteiger partial charge in [-0.15, -0.1) is 5.10 Å². The van der Waals surface area contributed by atoms with Gasteiger partial charge in [0, 0.05) is 16.7 Å². The van der Waals surface area contributed by atoms with Gasteiger partial charge in [0.25, 0.3) is 11.6 Å². The summed E-state index contributed by atoms with van der Waals surface area (Å²) < 4.78 is 6.81. The van der Waals surface area contributed by atoms with Gasteiger partial charge in [-0.05, 0) is 58.6 Å². The van der Waals surface area contributed by atoms with Crippen molar-refractivity contribution in [1.29, 1.82) is 0 Å². The molecule has 0 unspecified atom stereocenters. The van der Waals surface area contributed by atoms with Gasteiger partial charge in [0.05, 0.1) is 26.7 Å². The lowest BCUT2D eigenvalue weighted by atomic mass is 10.2. The van der Waals surface area contributed by atoms with Crippen molar-refractivity contribution in [2.45, 2.75) is 10.1 Å². The van der Waals surface area contributed by atoms with E-state index in [4.69, 9.17) is 27.9 Å². The maximum Gasteiger partial charge on any atom is 0.283 e. The number of hydrazone groups is 1. The van der Waals surface area contributed by atoms with E-state index in [9.17, 15) is 14.9 Å². The summed E-state index contributed by atoms with van der Waals surface area (Å²) in [7, 11) is 0. The van der Waals surface area contributed by atoms with E-state index in [1.165, 1.54) is 29.1 Å². The number of nitro benzene ring substituents is 1. The van der Waals surface area contributed by atoms with E-state index >= 15 is 0 Å². The van der Waals surface area contributed by atoms with E-state index in [1.54, 1.807) is 18.2 Å². The summed E-state index contributed by atoms with van der Waals surface area (Å²) in [6.45, 7) is -0.343. The fourth-order valence-corrected chi connectivity index (χ4v) is 4.20. The van der Waals surface area contributed by atoms with Crippen LogP contribution in [0.2, 0.25) is 10.0 Å². The molecule has 4 rings (SSSR count). The van der Waals surface area contributed by atoms with Crippen LogP contribution in [0.4, 0.5) is 5.69 Å². The zero-order valence-corrected chi connectivity index (χ0v) is 20.4. The molecule has 3 aromatic carbocycles. The van der Waals surface area contributed by atoms with Crippen LogP contribution >= 0.6 is 35.0 Å². The van der Waals surface area contributed by atoms with Crippen LogP contribution < -0.4 is 10.2 Å². The van der Waals surface area contributed by atoms with Gasteiger partial charge in [-0.3, -0.25) is 14.9 Å². The molecule has 1 aromatic heterocycles. The van der Waals surface area contributed by atoms with Gasteiger partial charge in [-0.1, -0.05) is 47.5 Å². The zero-order valence-electron chi connectivity index (χ0n) is 18.1. The normalized spacial score (nSPS) is 10.9. The maximum atomic E-state index is 12.0. The van der Waals surface area contributed by atoms with Crippen LogP contribution in [0.5, 0.6) is 5.75 Å². The topological polar surface area (TPSA) is 137 Å². The number of carbonyl (C=O) groups is 1. The van der Waals surface area contributed by atoms with Crippen molar-refractivity contribution in [3.8, 4) is 11.4 Å². The van der Waals surface area contributed by atoms with Gasteiger partial charge in [-0.25, -0.2) is 5.43 Å². The first-order chi connectivity index (χ1) is 17.4. The minimum atomic E-state index is -0.549. The molecule has 0 radical (unpaired) electrons. The molecule has 1 N–H and O–H groups in total. The van der Waals surface area contributed by atoms with Crippen LogP contribution in [0.3, 0.4) is 0 Å². The van der Waals surface area contributed by atoms with Gasteiger partial charge >= 0.3 is 0 Å². The maximum absolute atomic E-state index is 12.0. The second kappa shape index (κ2) is 11.6. The highest BCUT2D eigenvalue weighted by molar-refractivity contribution is 7.99. The van der Waals surface area contributed by atoms with Crippen molar-refractivity contribution in [3.05, 3.63) is 92.5 Å². The summed E-state index contributed by atoms with van der Waals surface area (Å²) in [4.78, 5) is 23.5. The van der Waals surface area contributed by atoms with Crippen molar-refractivity contribution in [2.75, 3.05) is 6.61 Å². The molecule has 11 nitrogen and oxygen atoms in total. The van der Waals surface area contributed by atoms with Crippen molar-refractivity contribution in [3.63, 3.8) is 0 Å². The number of nitrogens with zero attached hydrogens (tertiary/aromatic N) is 6. The van der Waals surface area contributed by atoms with Crippen LogP contribution in [0, 0.1) is 10.1 Å². The Kier molecular flexibility index (Phi) is 8.10. The number of nitro groups is 1. The fourth-order valence-electron chi connectivity index (χ4n) is 2.86. The molecule has 182 valence electrons. The number of hydrogen-bond acceptors (Lipinski definition) is 9. The quantitative estimate of drug-likeness (QED) is 0.184. The Labute approximate surface area is 218 Å². The molecule has 0 saturated carbocycles. The number of halogens is 2. The molecular formula is C22H15Cl2N7O4S. The first-order valence-electron chi connectivity index (χ1n) is 10.1. The van der Waals surface area contributed by atoms with Crippen LogP contribution in [0.15, 0.2) is 81.9 Å². The van der Waals surface area contributed by atoms with Crippen LogP contribution in [-0.4, -0.2) is 43.9 Å². The van der Waals surface area contributed by atoms with E-state index < -0.39 is 10.8 Å². The van der Waals surface area contributed by atoms with Crippen molar-refractivity contribution < 1.29 is 14.5 Å². The average Bonchev–Trinajstić information content (AvgIpc) is 3.33. The molecule has 0 aliphatic heterocycles. The number of hydrogen-bond donors (Lipinski definition) is 1. The largest absolute Gasteiger partial charge is 0.482 e. The molecule has 1 heterocycles. The van der Waals surface area contributed by atoms with E-state index in [1.807, 2.05) is 30.3 Å². The van der Waals surface area contributed by atoms with Gasteiger partial charge in [0.15, 0.2) is 6.61 Å². The van der Waals surface area contributed by atoms with E-state index in [2.05, 4.69) is 26.1 Å². The van der Waals surface area contributed by atoms with Crippen molar-refractivity contribution >= 4 is 52.8 Å². The molecular weight excluding hydrogens is 529 g/mol. The summed E-state index contributed by atoms with van der Waals surface area (Å²) in [5.74, 6) is -0.256. The fraction of sp³-hybridized carbons (Fsp3) is 0.0455. The highest BCUT2D eigenvalue weighted by Gasteiger charge is 2.19. The lowest BCUT2D eigenvalue weighted by molar-refractivity contribution is -0.387. The Morgan fingerprint density at radius 3 is 2.72 bits per heavy atom. The number of para-hydroxylation sites is 1. The lowest BCUT2D eigenvalue weighted by Gasteiger charge is -2.07. The Morgan fingerprint density at radius 1 is 1.17 bits per heavy atom. The smallest absolute Gasteiger partial charge is 0.283 e. The third kappa shape index (κ3) is 6.36. The Balaban J connectivity index is 1.41. The minimum Gasteiger partial charge on any atom is -0.482 e. The summed E-state index contributed by atoms with van der Waals surface area (Å²) in [6, 6.07) is 18.3. The third-order valence-electron chi connectivity index (χ3n) is 4.48. The van der Waals surface area contributed by atoms with Gasteiger partial charge < -0.3 is 4.74 Å². The molecule has 1 amide bonds. The Hall–Kier alpha value is -4.00. The summed E-state index contributed by atoms with van der Waals surface area (Å²) in [5.41, 5.74) is 3.24. The van der Waals surface area contributed by atoms with Crippen LogP contribution in [0.25, 0.3) is 5.69 Å². The van der Waals surface area contributed by atoms with E-state index in [-0.39, 0.29) is 17.3 Å². The molecule has 0 aliphatic rings. The molecule has 0 spiro atoms. The summed E-state index contributed by atoms with van der Waals surface area (Å²) in [6.07, 6.45) is 1.28. The van der Waals surface area contributed by atoms with E-state index in [0.717, 1.165) is 17.4 Å². The number of benzene rings is 3. The number of nitrogens with one attached hydrogen (secondary N) is 1. The number of rotatable bonds is 9. The highest BCUT2D eigenvalue weighted by Crippen LogP contribution is 2.34. The Bertz CT molecular complexity index is 1430. The molecule has 0 saturated heterocycles. The minimum absolute atomic E-state index is 0.168. The summed E-state index contributed by atoms with van der Waals surface area (Å²) >= 11 is 12.9. The number of tetrazole rings is 1. The predicted octanol–water partition coefficient (Wildman–Crippen LogP) is 4.56. The molecule has 4 aromatic rings. The molecule has 0 bridgehead atoms. The highest BCUT2D eigenvalue weighted by atomic mass is 35.5. The lowest BCUT2D eigenvalue weighted by Crippen LogP contribution is -2.24. The monoisotopic (exact) mass is 543 g/mol. The molecule has 36 heavy (non-hydrogen) atoms. The number of ether oxygens (including phenoxy) is 1. The van der Waals surface area contributed by atoms with Crippen molar-refractivity contribution in [2.24, 2.45) is 5.10 Å². The summed E-state index contributed by atoms with van der Waals surface area (Å²) in [5, 5.41) is 28.2. The third-order valence-corrected chi connectivity index (χ3v) is 6.01. The number of amides is 1. The van der Waals surface area contributed by atoms with E-state index in [0.29, 0.717) is 26.4 Å². The molecule has 0 aliphatic carbocycles.